The molecule has 30 heavy (non-hydrogen) atoms. The molecule has 0 spiro atoms. The molecule has 4 aliphatic rings. The van der Waals surface area contributed by atoms with Crippen molar-refractivity contribution in [3.63, 3.8) is 0 Å². The van der Waals surface area contributed by atoms with Gasteiger partial charge in [0.2, 0.25) is 0 Å². The minimum atomic E-state index is -0.0894. The molecule has 6 heteroatoms. The highest BCUT2D eigenvalue weighted by Crippen LogP contribution is 2.54. The first-order valence-corrected chi connectivity index (χ1v) is 11.4. The van der Waals surface area contributed by atoms with Crippen molar-refractivity contribution in [1.82, 2.24) is 9.80 Å². The third kappa shape index (κ3) is 3.39. The second-order valence-corrected chi connectivity index (χ2v) is 9.91. The summed E-state index contributed by atoms with van der Waals surface area (Å²) in [6, 6.07) is 3.45. The van der Waals surface area contributed by atoms with Crippen LogP contribution >= 0.6 is 0 Å². The highest BCUT2D eigenvalue weighted by Gasteiger charge is 2.52. The molecule has 5 rings (SSSR count). The number of piperazine rings is 1. The Morgan fingerprint density at radius 2 is 2.07 bits per heavy atom. The Labute approximate surface area is 178 Å². The molecule has 3 heterocycles. The maximum absolute atomic E-state index is 12.8. The van der Waals surface area contributed by atoms with Crippen molar-refractivity contribution in [3.8, 4) is 0 Å². The van der Waals surface area contributed by atoms with Gasteiger partial charge in [-0.05, 0) is 42.7 Å². The minimum Gasteiger partial charge on any atom is -0.461 e. The zero-order chi connectivity index (χ0) is 20.9. The summed E-state index contributed by atoms with van der Waals surface area (Å²) in [4.78, 5) is 29.4. The van der Waals surface area contributed by atoms with Crippen molar-refractivity contribution in [2.24, 2.45) is 23.2 Å². The molecule has 2 saturated heterocycles. The average Bonchev–Trinajstić information content (AvgIpc) is 3.35. The molecule has 0 N–H and O–H groups in total. The van der Waals surface area contributed by atoms with Crippen LogP contribution in [0.1, 0.15) is 50.1 Å². The fourth-order valence-electron chi connectivity index (χ4n) is 6.23. The van der Waals surface area contributed by atoms with E-state index in [2.05, 4.69) is 24.8 Å². The minimum absolute atomic E-state index is 0.0309. The lowest BCUT2D eigenvalue weighted by Gasteiger charge is -2.46. The van der Waals surface area contributed by atoms with Crippen LogP contribution in [0.25, 0.3) is 0 Å². The van der Waals surface area contributed by atoms with Gasteiger partial charge in [0.1, 0.15) is 6.10 Å². The summed E-state index contributed by atoms with van der Waals surface area (Å²) >= 11 is 0. The number of carbonyl (C=O) groups excluding carboxylic acids is 2. The summed E-state index contributed by atoms with van der Waals surface area (Å²) in [5.74, 6) is 1.02. The monoisotopic (exact) mass is 412 g/mol. The average molecular weight is 413 g/mol. The fraction of sp³-hybridized carbons (Fsp3) is 0.667. The predicted molar refractivity (Wildman–Crippen MR) is 112 cm³/mol. The van der Waals surface area contributed by atoms with Crippen molar-refractivity contribution in [3.05, 3.63) is 35.8 Å². The molecule has 1 amide bonds. The Hall–Kier alpha value is -2.08. The van der Waals surface area contributed by atoms with Crippen molar-refractivity contribution in [2.75, 3.05) is 32.7 Å². The fourth-order valence-corrected chi connectivity index (χ4v) is 6.23. The van der Waals surface area contributed by atoms with E-state index in [0.29, 0.717) is 24.8 Å². The van der Waals surface area contributed by atoms with Gasteiger partial charge in [-0.15, -0.1) is 0 Å². The van der Waals surface area contributed by atoms with Gasteiger partial charge in [-0.2, -0.15) is 0 Å². The quantitative estimate of drug-likeness (QED) is 0.563. The standard InChI is InChI=1S/C24H32N2O4/c1-16-5-3-7-24(2)14-21-17(13-19(16)24)18(23(28)30-21)15-25-8-10-26(11-9-25)22(27)20-6-4-12-29-20/h4,6,12-13,16-18,21H,3,5,7-11,14-15H2,1-2H3/t16-,17+,18-,21-,24+/m1/s1. The van der Waals surface area contributed by atoms with E-state index in [1.807, 2.05) is 4.90 Å². The van der Waals surface area contributed by atoms with Crippen LogP contribution in [-0.2, 0) is 9.53 Å². The Balaban J connectivity index is 1.25. The first-order chi connectivity index (χ1) is 14.4. The molecule has 1 aromatic rings. The molecule has 0 bridgehead atoms. The van der Waals surface area contributed by atoms with Crippen LogP contribution < -0.4 is 0 Å². The number of allylic oxidation sites excluding steroid dienone is 1. The summed E-state index contributed by atoms with van der Waals surface area (Å²) in [6.45, 7) is 8.29. The van der Waals surface area contributed by atoms with Crippen LogP contribution in [0.15, 0.2) is 34.5 Å². The highest BCUT2D eigenvalue weighted by atomic mass is 16.6. The smallest absolute Gasteiger partial charge is 0.311 e. The maximum atomic E-state index is 12.8. The summed E-state index contributed by atoms with van der Waals surface area (Å²) in [5.41, 5.74) is 1.76. The number of ether oxygens (including phenoxy) is 1. The van der Waals surface area contributed by atoms with Crippen LogP contribution in [0.3, 0.4) is 0 Å². The van der Waals surface area contributed by atoms with Crippen LogP contribution in [0.4, 0.5) is 0 Å². The third-order valence-electron chi connectivity index (χ3n) is 7.93. The normalized spacial score (nSPS) is 36.7. The van der Waals surface area contributed by atoms with E-state index in [-0.39, 0.29) is 35.2 Å². The van der Waals surface area contributed by atoms with Gasteiger partial charge < -0.3 is 14.1 Å². The van der Waals surface area contributed by atoms with Gasteiger partial charge in [0.15, 0.2) is 5.76 Å². The number of hydrogen-bond donors (Lipinski definition) is 0. The SMILES string of the molecule is C[C@@H]1CCC[C@@]2(C)C[C@H]3OC(=O)[C@H](CN4CCN(C(=O)c5ccco5)CC4)[C@@H]3C=C12. The molecule has 2 aliphatic carbocycles. The first kappa shape index (κ1) is 19.9. The second kappa shape index (κ2) is 7.56. The van der Waals surface area contributed by atoms with Gasteiger partial charge in [-0.1, -0.05) is 31.9 Å². The van der Waals surface area contributed by atoms with E-state index in [1.165, 1.54) is 25.5 Å². The Kier molecular flexibility index (Phi) is 5.00. The Morgan fingerprint density at radius 3 is 2.80 bits per heavy atom. The lowest BCUT2D eigenvalue weighted by Crippen LogP contribution is -2.50. The Morgan fingerprint density at radius 1 is 1.27 bits per heavy atom. The zero-order valence-corrected chi connectivity index (χ0v) is 18.0. The number of fused-ring (bicyclic) bond motifs is 2. The molecule has 3 fully saturated rings. The number of amides is 1. The third-order valence-corrected chi connectivity index (χ3v) is 7.93. The van der Waals surface area contributed by atoms with Crippen LogP contribution in [-0.4, -0.2) is 60.5 Å². The molecular weight excluding hydrogens is 380 g/mol. The topological polar surface area (TPSA) is 63.0 Å². The van der Waals surface area contributed by atoms with Gasteiger partial charge in [0.05, 0.1) is 12.2 Å². The van der Waals surface area contributed by atoms with E-state index in [9.17, 15) is 9.59 Å². The lowest BCUT2D eigenvalue weighted by molar-refractivity contribution is -0.145. The summed E-state index contributed by atoms with van der Waals surface area (Å²) in [7, 11) is 0. The van der Waals surface area contributed by atoms with E-state index < -0.39 is 0 Å². The second-order valence-electron chi connectivity index (χ2n) is 9.91. The van der Waals surface area contributed by atoms with Crippen LogP contribution in [0, 0.1) is 23.2 Å². The highest BCUT2D eigenvalue weighted by molar-refractivity contribution is 5.91. The van der Waals surface area contributed by atoms with E-state index in [1.54, 1.807) is 17.7 Å². The first-order valence-electron chi connectivity index (χ1n) is 11.4. The van der Waals surface area contributed by atoms with E-state index in [0.717, 1.165) is 26.1 Å². The molecular formula is C24H32N2O4. The number of rotatable bonds is 3. The van der Waals surface area contributed by atoms with Crippen molar-refractivity contribution in [2.45, 2.75) is 45.6 Å². The summed E-state index contributed by atoms with van der Waals surface area (Å²) in [6.07, 6.45) is 8.69. The Bertz CT molecular complexity index is 839. The van der Waals surface area contributed by atoms with E-state index in [4.69, 9.17) is 9.15 Å². The molecule has 0 unspecified atom stereocenters. The maximum Gasteiger partial charge on any atom is 0.311 e. The molecule has 162 valence electrons. The summed E-state index contributed by atoms with van der Waals surface area (Å²) in [5, 5.41) is 0. The number of nitrogens with zero attached hydrogens (tertiary/aromatic N) is 2. The molecule has 5 atom stereocenters. The molecule has 6 nitrogen and oxygen atoms in total. The molecule has 0 aromatic carbocycles. The van der Waals surface area contributed by atoms with Crippen molar-refractivity contribution in [1.29, 1.82) is 0 Å². The van der Waals surface area contributed by atoms with E-state index >= 15 is 0 Å². The lowest BCUT2D eigenvalue weighted by atomic mass is 9.59. The van der Waals surface area contributed by atoms with Crippen LogP contribution in [0.5, 0.6) is 0 Å². The number of furan rings is 1. The zero-order valence-electron chi connectivity index (χ0n) is 18.0. The summed E-state index contributed by atoms with van der Waals surface area (Å²) < 4.78 is 11.1. The van der Waals surface area contributed by atoms with Gasteiger partial charge in [0, 0.05) is 38.6 Å². The predicted octanol–water partition coefficient (Wildman–Crippen LogP) is 3.35. The molecule has 2 aliphatic heterocycles. The largest absolute Gasteiger partial charge is 0.461 e. The van der Waals surface area contributed by atoms with Crippen molar-refractivity contribution < 1.29 is 18.7 Å². The van der Waals surface area contributed by atoms with Gasteiger partial charge in [-0.3, -0.25) is 14.5 Å². The van der Waals surface area contributed by atoms with Gasteiger partial charge in [0.25, 0.3) is 5.91 Å². The van der Waals surface area contributed by atoms with Gasteiger partial charge >= 0.3 is 5.97 Å². The molecule has 1 aromatic heterocycles. The van der Waals surface area contributed by atoms with Crippen LogP contribution in [0.2, 0.25) is 0 Å². The van der Waals surface area contributed by atoms with Crippen molar-refractivity contribution >= 4 is 11.9 Å². The number of hydrogen-bond acceptors (Lipinski definition) is 5. The molecule has 1 saturated carbocycles. The molecule has 0 radical (unpaired) electrons. The van der Waals surface area contributed by atoms with Gasteiger partial charge in [-0.25, -0.2) is 0 Å². The number of carbonyl (C=O) groups is 2. The number of esters is 1.